The van der Waals surface area contributed by atoms with Crippen LogP contribution in [0.5, 0.6) is 0 Å². The van der Waals surface area contributed by atoms with Gasteiger partial charge in [-0.3, -0.25) is 0 Å². The lowest BCUT2D eigenvalue weighted by Crippen LogP contribution is -2.45. The summed E-state index contributed by atoms with van der Waals surface area (Å²) < 4.78 is 0. The lowest BCUT2D eigenvalue weighted by molar-refractivity contribution is -0.315. The van der Waals surface area contributed by atoms with E-state index in [1.165, 1.54) is 19.3 Å². The zero-order valence-electron chi connectivity index (χ0n) is 15.4. The summed E-state index contributed by atoms with van der Waals surface area (Å²) in [4.78, 5) is 0. The summed E-state index contributed by atoms with van der Waals surface area (Å²) >= 11 is 0. The fourth-order valence-electron chi connectivity index (χ4n) is 2.87. The summed E-state index contributed by atoms with van der Waals surface area (Å²) in [6.45, 7) is -0.330. The van der Waals surface area contributed by atoms with E-state index in [9.17, 15) is 10.2 Å². The molecule has 0 saturated carbocycles. The van der Waals surface area contributed by atoms with Crippen LogP contribution in [0.15, 0.2) is 0 Å². The Morgan fingerprint density at radius 1 is 0.680 bits per heavy atom. The Bertz CT molecular complexity index is 298. The van der Waals surface area contributed by atoms with Gasteiger partial charge in [0.15, 0.2) is 0 Å². The average Bonchev–Trinajstić information content (AvgIpc) is 2.56. The first-order chi connectivity index (χ1) is 11.8. The second-order valence-corrected chi connectivity index (χ2v) is 7.11. The molecule has 1 unspecified atom stereocenters. The highest BCUT2D eigenvalue weighted by Crippen LogP contribution is 2.15. The van der Waals surface area contributed by atoms with E-state index in [1.54, 1.807) is 0 Å². The van der Waals surface area contributed by atoms with Crippen molar-refractivity contribution in [3.63, 3.8) is 0 Å². The summed E-state index contributed by atoms with van der Waals surface area (Å²) in [5.74, 6) is -2.51. The summed E-state index contributed by atoms with van der Waals surface area (Å²) in [5.41, 5.74) is 5.48. The van der Waals surface area contributed by atoms with Gasteiger partial charge in [0.25, 0.3) is 5.97 Å². The number of aliphatic hydroxyl groups is 6. The first kappa shape index (κ1) is 24.7. The van der Waals surface area contributed by atoms with Gasteiger partial charge in [0.1, 0.15) is 0 Å². The maximum absolute atomic E-state index is 9.74. The first-order valence-electron chi connectivity index (χ1n) is 9.67. The van der Waals surface area contributed by atoms with Crippen LogP contribution in [-0.2, 0) is 0 Å². The normalized spacial score (nSPS) is 16.0. The SMILES string of the molecule is N[C@@H](CO)[C@H](O)C(O)CCCCCCCCCCCCCC(O)(O)O. The van der Waals surface area contributed by atoms with Gasteiger partial charge < -0.3 is 36.4 Å². The molecule has 0 saturated heterocycles. The molecule has 152 valence electrons. The van der Waals surface area contributed by atoms with Crippen molar-refractivity contribution < 1.29 is 30.6 Å². The second-order valence-electron chi connectivity index (χ2n) is 7.11. The standard InChI is InChI=1S/C18H39NO6/c19-15(14-20)17(22)16(21)12-10-8-6-4-2-1-3-5-7-9-11-13-18(23,24)25/h15-17,20-25H,1-14,19H2/t15-,16?,17-/m0/s1. The topological polar surface area (TPSA) is 147 Å². The zero-order chi connectivity index (χ0) is 19.1. The largest absolute Gasteiger partial charge is 0.395 e. The van der Waals surface area contributed by atoms with E-state index in [-0.39, 0.29) is 13.0 Å². The molecule has 0 aromatic rings. The third-order valence-corrected chi connectivity index (χ3v) is 4.56. The van der Waals surface area contributed by atoms with Crippen molar-refractivity contribution >= 4 is 0 Å². The zero-order valence-corrected chi connectivity index (χ0v) is 15.4. The molecule has 7 heteroatoms. The van der Waals surface area contributed by atoms with Gasteiger partial charge in [0, 0.05) is 6.42 Å². The Hall–Kier alpha value is -0.280. The molecule has 0 bridgehead atoms. The third kappa shape index (κ3) is 15.7. The molecule has 0 heterocycles. The predicted octanol–water partition coefficient (Wildman–Crippen LogP) is 0.730. The Morgan fingerprint density at radius 2 is 1.08 bits per heavy atom. The molecule has 0 aliphatic rings. The smallest absolute Gasteiger partial charge is 0.275 e. The molecule has 0 amide bonds. The molecular formula is C18H39NO6. The van der Waals surface area contributed by atoms with Gasteiger partial charge >= 0.3 is 0 Å². The number of unbranched alkanes of at least 4 members (excludes halogenated alkanes) is 10. The lowest BCUT2D eigenvalue weighted by Gasteiger charge is -2.22. The van der Waals surface area contributed by atoms with E-state index >= 15 is 0 Å². The molecule has 0 fully saturated rings. The number of aliphatic hydroxyl groups excluding tert-OH is 3. The Balaban J connectivity index is 3.29. The van der Waals surface area contributed by atoms with Crippen molar-refractivity contribution in [2.75, 3.05) is 6.61 Å². The maximum Gasteiger partial charge on any atom is 0.275 e. The number of hydrogen-bond acceptors (Lipinski definition) is 7. The molecule has 0 spiro atoms. The molecule has 7 nitrogen and oxygen atoms in total. The summed E-state index contributed by atoms with van der Waals surface area (Å²) in [5, 5.41) is 54.4. The molecule has 0 aromatic carbocycles. The average molecular weight is 366 g/mol. The van der Waals surface area contributed by atoms with Crippen LogP contribution in [0.25, 0.3) is 0 Å². The van der Waals surface area contributed by atoms with Crippen molar-refractivity contribution in [2.45, 2.75) is 108 Å². The van der Waals surface area contributed by atoms with Crippen LogP contribution in [0.3, 0.4) is 0 Å². The maximum atomic E-state index is 9.74. The Morgan fingerprint density at radius 3 is 1.48 bits per heavy atom. The second kappa shape index (κ2) is 14.8. The van der Waals surface area contributed by atoms with Crippen LogP contribution in [0, 0.1) is 0 Å². The quantitative estimate of drug-likeness (QED) is 0.148. The molecular weight excluding hydrogens is 326 g/mol. The van der Waals surface area contributed by atoms with Gasteiger partial charge in [-0.2, -0.15) is 0 Å². The predicted molar refractivity (Wildman–Crippen MR) is 96.5 cm³/mol. The number of nitrogens with two attached hydrogens (primary N) is 1. The van der Waals surface area contributed by atoms with E-state index in [1.807, 2.05) is 0 Å². The van der Waals surface area contributed by atoms with Gasteiger partial charge in [-0.1, -0.05) is 64.2 Å². The molecule has 0 rings (SSSR count). The molecule has 0 radical (unpaired) electrons. The van der Waals surface area contributed by atoms with Crippen molar-refractivity contribution in [3.8, 4) is 0 Å². The lowest BCUT2D eigenvalue weighted by atomic mass is 10.00. The first-order valence-corrected chi connectivity index (χ1v) is 9.67. The number of rotatable bonds is 17. The van der Waals surface area contributed by atoms with Crippen molar-refractivity contribution in [3.05, 3.63) is 0 Å². The van der Waals surface area contributed by atoms with Crippen LogP contribution < -0.4 is 5.73 Å². The highest BCUT2D eigenvalue weighted by atomic mass is 16.7. The van der Waals surface area contributed by atoms with Crippen LogP contribution in [0.4, 0.5) is 0 Å². The van der Waals surface area contributed by atoms with Gasteiger partial charge in [-0.25, -0.2) is 0 Å². The van der Waals surface area contributed by atoms with E-state index in [2.05, 4.69) is 0 Å². The molecule has 25 heavy (non-hydrogen) atoms. The van der Waals surface area contributed by atoms with Crippen molar-refractivity contribution in [1.82, 2.24) is 0 Å². The number of hydrogen-bond donors (Lipinski definition) is 7. The van der Waals surface area contributed by atoms with E-state index < -0.39 is 24.2 Å². The van der Waals surface area contributed by atoms with E-state index in [0.717, 1.165) is 44.9 Å². The summed E-state index contributed by atoms with van der Waals surface area (Å²) in [6, 6.07) is -0.784. The highest BCUT2D eigenvalue weighted by Gasteiger charge is 2.22. The van der Waals surface area contributed by atoms with E-state index in [4.69, 9.17) is 26.2 Å². The van der Waals surface area contributed by atoms with Crippen LogP contribution in [0.2, 0.25) is 0 Å². The molecule has 0 aromatic heterocycles. The minimum Gasteiger partial charge on any atom is -0.395 e. The molecule has 0 aliphatic heterocycles. The van der Waals surface area contributed by atoms with Gasteiger partial charge in [-0.05, 0) is 12.8 Å². The summed E-state index contributed by atoms with van der Waals surface area (Å²) in [7, 11) is 0. The Labute approximate surface area is 151 Å². The van der Waals surface area contributed by atoms with Crippen LogP contribution in [-0.4, -0.2) is 61.5 Å². The van der Waals surface area contributed by atoms with Gasteiger partial charge in [0.2, 0.25) is 0 Å². The van der Waals surface area contributed by atoms with Crippen LogP contribution in [0.1, 0.15) is 83.5 Å². The molecule has 8 N–H and O–H groups in total. The minimum absolute atomic E-state index is 0.00462. The van der Waals surface area contributed by atoms with Crippen molar-refractivity contribution in [1.29, 1.82) is 0 Å². The Kier molecular flexibility index (Phi) is 14.7. The molecule has 3 atom stereocenters. The van der Waals surface area contributed by atoms with Gasteiger partial charge in [-0.15, -0.1) is 0 Å². The highest BCUT2D eigenvalue weighted by molar-refractivity contribution is 4.77. The minimum atomic E-state index is -2.51. The summed E-state index contributed by atoms with van der Waals surface area (Å²) in [6.07, 6.45) is 9.97. The third-order valence-electron chi connectivity index (χ3n) is 4.56. The van der Waals surface area contributed by atoms with E-state index in [0.29, 0.717) is 12.8 Å². The van der Waals surface area contributed by atoms with Crippen LogP contribution >= 0.6 is 0 Å². The van der Waals surface area contributed by atoms with Crippen molar-refractivity contribution in [2.24, 2.45) is 5.73 Å². The van der Waals surface area contributed by atoms with Gasteiger partial charge in [0.05, 0.1) is 24.9 Å². The molecule has 0 aliphatic carbocycles. The fraction of sp³-hybridized carbons (Fsp3) is 1.00. The monoisotopic (exact) mass is 365 g/mol. The fourth-order valence-corrected chi connectivity index (χ4v) is 2.87.